The van der Waals surface area contributed by atoms with E-state index < -0.39 is 5.41 Å². The van der Waals surface area contributed by atoms with Gasteiger partial charge in [-0.3, -0.25) is 9.69 Å². The monoisotopic (exact) mass is 423 g/mol. The third kappa shape index (κ3) is 4.29. The second-order valence-electron chi connectivity index (χ2n) is 9.61. The average molecular weight is 424 g/mol. The van der Waals surface area contributed by atoms with Gasteiger partial charge in [-0.25, -0.2) is 0 Å². The molecular formula is C26H33NO4. The molecule has 0 spiro atoms. The fourth-order valence-electron chi connectivity index (χ4n) is 4.83. The highest BCUT2D eigenvalue weighted by molar-refractivity contribution is 5.75. The Morgan fingerprint density at radius 1 is 0.968 bits per heavy atom. The molecule has 0 amide bonds. The minimum absolute atomic E-state index is 0.135. The molecule has 2 heterocycles. The molecule has 2 aliphatic heterocycles. The largest absolute Gasteiger partial charge is 0.497 e. The molecule has 1 unspecified atom stereocenters. The summed E-state index contributed by atoms with van der Waals surface area (Å²) in [6, 6.07) is 13.3. The summed E-state index contributed by atoms with van der Waals surface area (Å²) in [6.45, 7) is 7.96. The van der Waals surface area contributed by atoms with Crippen molar-refractivity contribution in [2.24, 2.45) is 5.41 Å². The van der Waals surface area contributed by atoms with E-state index >= 15 is 0 Å². The zero-order chi connectivity index (χ0) is 22.2. The zero-order valence-corrected chi connectivity index (χ0v) is 19.2. The van der Waals surface area contributed by atoms with Crippen molar-refractivity contribution in [2.75, 3.05) is 20.8 Å². The van der Waals surface area contributed by atoms with Crippen LogP contribution < -0.4 is 9.47 Å². The number of hydrogen-bond donors (Lipinski definition) is 0. The maximum Gasteiger partial charge on any atom is 0.311 e. The molecule has 0 saturated heterocycles. The van der Waals surface area contributed by atoms with Crippen LogP contribution >= 0.6 is 0 Å². The number of nitrogens with zero attached hydrogens (tertiary/aromatic N) is 1. The number of benzene rings is 2. The maximum atomic E-state index is 12.1. The Balaban J connectivity index is 1.60. The van der Waals surface area contributed by atoms with Crippen LogP contribution in [0.25, 0.3) is 0 Å². The topological polar surface area (TPSA) is 48.0 Å². The van der Waals surface area contributed by atoms with Gasteiger partial charge in [0.15, 0.2) is 0 Å². The van der Waals surface area contributed by atoms with Gasteiger partial charge in [0.1, 0.15) is 11.5 Å². The molecule has 4 rings (SSSR count). The van der Waals surface area contributed by atoms with Crippen molar-refractivity contribution in [3.63, 3.8) is 0 Å². The average Bonchev–Trinajstić information content (AvgIpc) is 2.75. The highest BCUT2D eigenvalue weighted by atomic mass is 16.5. The van der Waals surface area contributed by atoms with E-state index in [9.17, 15) is 4.79 Å². The molecule has 0 aromatic heterocycles. The molecule has 5 nitrogen and oxygen atoms in total. The summed E-state index contributed by atoms with van der Waals surface area (Å²) >= 11 is 0. The number of fused-ring (bicyclic) bond motifs is 6. The van der Waals surface area contributed by atoms with E-state index in [0.717, 1.165) is 37.4 Å². The van der Waals surface area contributed by atoms with E-state index in [0.29, 0.717) is 12.6 Å². The summed E-state index contributed by atoms with van der Waals surface area (Å²) in [7, 11) is 3.44. The second-order valence-corrected chi connectivity index (χ2v) is 9.61. The molecular weight excluding hydrogens is 390 g/mol. The molecule has 2 bridgehead atoms. The Morgan fingerprint density at radius 2 is 1.65 bits per heavy atom. The molecule has 0 aliphatic carbocycles. The standard InChI is InChI=1S/C26H33NO4/c1-26(2,3)25(28)31-12-6-7-23-24-21-11-10-19(29-4)13-18(21)16-27(23)15-17-8-9-20(30-5)14-22(17)24/h8-11,13-14,23-24H,6-7,12,15-16H2,1-5H3/t23-,24+/m0/s1. The quantitative estimate of drug-likeness (QED) is 0.488. The first kappa shape index (κ1) is 21.7. The molecule has 0 fully saturated rings. The SMILES string of the molecule is COc1ccc2c(c1)CN1Cc3ccc(OC)cc3[C@@H]2[C@@H]1CCCOC(=O)C(C)(C)C. The van der Waals surface area contributed by atoms with Gasteiger partial charge in [0.05, 0.1) is 26.2 Å². The van der Waals surface area contributed by atoms with Gasteiger partial charge in [0.2, 0.25) is 0 Å². The summed E-state index contributed by atoms with van der Waals surface area (Å²) in [5.74, 6) is 1.93. The number of carbonyl (C=O) groups is 1. The summed E-state index contributed by atoms with van der Waals surface area (Å²) in [5, 5.41) is 0. The van der Waals surface area contributed by atoms with Crippen LogP contribution in [0.15, 0.2) is 36.4 Å². The predicted octanol–water partition coefficient (Wildman–Crippen LogP) is 4.90. The van der Waals surface area contributed by atoms with E-state index in [1.165, 1.54) is 22.3 Å². The van der Waals surface area contributed by atoms with Gasteiger partial charge in [-0.1, -0.05) is 12.1 Å². The Morgan fingerprint density at radius 3 is 2.35 bits per heavy atom. The lowest BCUT2D eigenvalue weighted by Gasteiger charge is -2.47. The Kier molecular flexibility index (Phi) is 5.98. The fourth-order valence-corrected chi connectivity index (χ4v) is 4.83. The molecule has 0 radical (unpaired) electrons. The lowest BCUT2D eigenvalue weighted by atomic mass is 9.73. The minimum atomic E-state index is -0.460. The third-order valence-corrected chi connectivity index (χ3v) is 6.46. The van der Waals surface area contributed by atoms with Crippen LogP contribution in [0.3, 0.4) is 0 Å². The molecule has 5 heteroatoms. The lowest BCUT2D eigenvalue weighted by Crippen LogP contribution is -2.47. The van der Waals surface area contributed by atoms with Crippen LogP contribution in [-0.2, 0) is 22.6 Å². The normalized spacial score (nSPS) is 21.6. The van der Waals surface area contributed by atoms with E-state index in [1.54, 1.807) is 14.2 Å². The number of rotatable bonds is 6. The van der Waals surface area contributed by atoms with Gasteiger partial charge in [-0.15, -0.1) is 0 Å². The van der Waals surface area contributed by atoms with Crippen molar-refractivity contribution in [1.82, 2.24) is 4.90 Å². The van der Waals surface area contributed by atoms with Crippen LogP contribution in [0.1, 0.15) is 61.8 Å². The molecule has 0 saturated carbocycles. The molecule has 2 aromatic carbocycles. The van der Waals surface area contributed by atoms with Crippen LogP contribution in [-0.4, -0.2) is 37.7 Å². The predicted molar refractivity (Wildman–Crippen MR) is 121 cm³/mol. The first-order valence-corrected chi connectivity index (χ1v) is 11.1. The van der Waals surface area contributed by atoms with E-state index in [1.807, 2.05) is 20.8 Å². The number of ether oxygens (including phenoxy) is 3. The Hall–Kier alpha value is -2.53. The Bertz CT molecular complexity index is 962. The number of carbonyl (C=O) groups excluding carboxylic acids is 1. The van der Waals surface area contributed by atoms with Crippen LogP contribution in [0, 0.1) is 5.41 Å². The molecule has 2 aromatic rings. The van der Waals surface area contributed by atoms with Crippen LogP contribution in [0.5, 0.6) is 11.5 Å². The maximum absolute atomic E-state index is 12.1. The highest BCUT2D eigenvalue weighted by Crippen LogP contribution is 2.47. The van der Waals surface area contributed by atoms with Gasteiger partial charge < -0.3 is 14.2 Å². The molecule has 0 N–H and O–H groups in total. The van der Waals surface area contributed by atoms with Crippen molar-refractivity contribution in [3.8, 4) is 11.5 Å². The van der Waals surface area contributed by atoms with Crippen LogP contribution in [0.2, 0.25) is 0 Å². The van der Waals surface area contributed by atoms with E-state index in [2.05, 4.69) is 41.3 Å². The van der Waals surface area contributed by atoms with Gasteiger partial charge in [-0.05, 0) is 80.1 Å². The molecule has 166 valence electrons. The summed E-state index contributed by atoms with van der Waals surface area (Å²) < 4.78 is 16.6. The van der Waals surface area contributed by atoms with Crippen LogP contribution in [0.4, 0.5) is 0 Å². The number of esters is 1. The summed E-state index contributed by atoms with van der Waals surface area (Å²) in [5.41, 5.74) is 4.94. The van der Waals surface area contributed by atoms with Crippen molar-refractivity contribution in [2.45, 2.75) is 58.7 Å². The first-order chi connectivity index (χ1) is 14.8. The van der Waals surface area contributed by atoms with Gasteiger partial charge >= 0.3 is 5.97 Å². The number of hydrogen-bond acceptors (Lipinski definition) is 5. The first-order valence-electron chi connectivity index (χ1n) is 11.1. The second kappa shape index (κ2) is 8.54. The van der Waals surface area contributed by atoms with Crippen molar-refractivity contribution >= 4 is 5.97 Å². The van der Waals surface area contributed by atoms with Crippen molar-refractivity contribution in [3.05, 3.63) is 58.7 Å². The number of methoxy groups -OCH3 is 2. The van der Waals surface area contributed by atoms with E-state index in [4.69, 9.17) is 14.2 Å². The van der Waals surface area contributed by atoms with Gasteiger partial charge in [0.25, 0.3) is 0 Å². The van der Waals surface area contributed by atoms with Crippen molar-refractivity contribution < 1.29 is 19.0 Å². The summed E-state index contributed by atoms with van der Waals surface area (Å²) in [4.78, 5) is 14.7. The molecule has 2 aliphatic rings. The van der Waals surface area contributed by atoms with Gasteiger partial charge in [0, 0.05) is 25.0 Å². The molecule has 31 heavy (non-hydrogen) atoms. The minimum Gasteiger partial charge on any atom is -0.497 e. The van der Waals surface area contributed by atoms with Crippen molar-refractivity contribution in [1.29, 1.82) is 0 Å². The fraction of sp³-hybridized carbons (Fsp3) is 0.500. The Labute approximate surface area is 185 Å². The smallest absolute Gasteiger partial charge is 0.311 e. The third-order valence-electron chi connectivity index (χ3n) is 6.46. The zero-order valence-electron chi connectivity index (χ0n) is 19.2. The summed E-state index contributed by atoms with van der Waals surface area (Å²) in [6.07, 6.45) is 1.83. The highest BCUT2D eigenvalue weighted by Gasteiger charge is 2.40. The molecule has 3 atom stereocenters. The lowest BCUT2D eigenvalue weighted by molar-refractivity contribution is -0.153. The van der Waals surface area contributed by atoms with E-state index in [-0.39, 0.29) is 11.9 Å². The van der Waals surface area contributed by atoms with Gasteiger partial charge in [-0.2, -0.15) is 0 Å².